The van der Waals surface area contributed by atoms with Crippen molar-refractivity contribution < 1.29 is 14.7 Å². The molecule has 4 rings (SSSR count). The third-order valence-electron chi connectivity index (χ3n) is 7.46. The first-order chi connectivity index (χ1) is 16.1. The highest BCUT2D eigenvalue weighted by atomic mass is 35.5. The fourth-order valence-electron chi connectivity index (χ4n) is 5.04. The van der Waals surface area contributed by atoms with Crippen LogP contribution in [0.1, 0.15) is 55.7 Å². The maximum atomic E-state index is 13.6. The van der Waals surface area contributed by atoms with Crippen molar-refractivity contribution >= 4 is 29.0 Å². The molecule has 0 radical (unpaired) electrons. The largest absolute Gasteiger partial charge is 0.375 e. The number of aliphatic hydroxyl groups is 1. The molecular formula is C29H30ClNO3. The van der Waals surface area contributed by atoms with Gasteiger partial charge in [-0.25, -0.2) is 0 Å². The Balaban J connectivity index is 1.71. The summed E-state index contributed by atoms with van der Waals surface area (Å²) in [5.41, 5.74) is 5.79. The maximum Gasteiger partial charge on any atom is 0.264 e. The van der Waals surface area contributed by atoms with Crippen molar-refractivity contribution in [1.29, 1.82) is 0 Å². The van der Waals surface area contributed by atoms with E-state index in [0.29, 0.717) is 34.8 Å². The van der Waals surface area contributed by atoms with Crippen LogP contribution in [-0.2, 0) is 16.8 Å². The Morgan fingerprint density at radius 2 is 1.50 bits per heavy atom. The molecule has 5 heteroatoms. The van der Waals surface area contributed by atoms with Gasteiger partial charge in [-0.1, -0.05) is 41.9 Å². The second kappa shape index (κ2) is 9.01. The number of halogens is 1. The lowest BCUT2D eigenvalue weighted by molar-refractivity contribution is -0.135. The lowest BCUT2D eigenvalue weighted by atomic mass is 9.82. The Morgan fingerprint density at radius 1 is 0.912 bits per heavy atom. The molecule has 1 aliphatic heterocycles. The molecule has 1 amide bonds. The van der Waals surface area contributed by atoms with Gasteiger partial charge in [0.1, 0.15) is 0 Å². The Hall–Kier alpha value is -2.95. The van der Waals surface area contributed by atoms with Gasteiger partial charge in [-0.3, -0.25) is 9.59 Å². The predicted octanol–water partition coefficient (Wildman–Crippen LogP) is 5.93. The zero-order valence-corrected chi connectivity index (χ0v) is 21.1. The van der Waals surface area contributed by atoms with Crippen molar-refractivity contribution in [2.24, 2.45) is 0 Å². The molecule has 0 spiro atoms. The third-order valence-corrected chi connectivity index (χ3v) is 7.69. The minimum atomic E-state index is -1.96. The molecule has 0 aromatic heterocycles. The summed E-state index contributed by atoms with van der Waals surface area (Å²) in [6, 6.07) is 14.9. The molecule has 3 aromatic carbocycles. The number of nitrogens with zero attached hydrogens (tertiary/aromatic N) is 1. The minimum Gasteiger partial charge on any atom is -0.375 e. The molecule has 1 heterocycles. The number of anilines is 1. The van der Waals surface area contributed by atoms with Crippen molar-refractivity contribution in [3.8, 4) is 0 Å². The number of carbonyl (C=O) groups excluding carboxylic acids is 2. The Bertz CT molecular complexity index is 1270. The highest BCUT2D eigenvalue weighted by molar-refractivity contribution is 6.31. The van der Waals surface area contributed by atoms with E-state index in [-0.39, 0.29) is 12.2 Å². The van der Waals surface area contributed by atoms with Crippen LogP contribution in [-0.4, -0.2) is 23.3 Å². The van der Waals surface area contributed by atoms with Gasteiger partial charge in [-0.15, -0.1) is 0 Å². The van der Waals surface area contributed by atoms with Crippen LogP contribution in [0.4, 0.5) is 5.69 Å². The average molecular weight is 476 g/mol. The summed E-state index contributed by atoms with van der Waals surface area (Å²) in [5, 5.41) is 12.2. The van der Waals surface area contributed by atoms with Crippen LogP contribution < -0.4 is 4.90 Å². The summed E-state index contributed by atoms with van der Waals surface area (Å²) in [5.74, 6) is -0.724. The molecule has 0 saturated heterocycles. The van der Waals surface area contributed by atoms with E-state index < -0.39 is 11.5 Å². The van der Waals surface area contributed by atoms with Crippen molar-refractivity contribution in [3.63, 3.8) is 0 Å². The Morgan fingerprint density at radius 3 is 2.12 bits per heavy atom. The van der Waals surface area contributed by atoms with Crippen LogP contribution in [0.25, 0.3) is 0 Å². The summed E-state index contributed by atoms with van der Waals surface area (Å²) in [6.07, 6.45) is 0.303. The fraction of sp³-hybridized carbons (Fsp3) is 0.310. The van der Waals surface area contributed by atoms with Crippen LogP contribution in [0.2, 0.25) is 5.02 Å². The second-order valence-corrected chi connectivity index (χ2v) is 9.75. The van der Waals surface area contributed by atoms with E-state index >= 15 is 0 Å². The lowest BCUT2D eigenvalue weighted by Gasteiger charge is -2.24. The smallest absolute Gasteiger partial charge is 0.264 e. The minimum absolute atomic E-state index is 0.243. The van der Waals surface area contributed by atoms with E-state index in [9.17, 15) is 14.7 Å². The zero-order chi connectivity index (χ0) is 24.8. The molecule has 1 aliphatic rings. The molecule has 0 saturated carbocycles. The van der Waals surface area contributed by atoms with Crippen LogP contribution in [0, 0.1) is 34.6 Å². The molecule has 0 bridgehead atoms. The number of hydrogen-bond donors (Lipinski definition) is 1. The quantitative estimate of drug-likeness (QED) is 0.449. The van der Waals surface area contributed by atoms with Gasteiger partial charge in [-0.05, 0) is 92.6 Å². The number of amides is 1. The van der Waals surface area contributed by atoms with Gasteiger partial charge in [0.05, 0.1) is 12.1 Å². The number of fused-ring (bicyclic) bond motifs is 1. The van der Waals surface area contributed by atoms with E-state index in [0.717, 1.165) is 33.4 Å². The first-order valence-electron chi connectivity index (χ1n) is 11.5. The molecule has 0 fully saturated rings. The molecule has 34 heavy (non-hydrogen) atoms. The van der Waals surface area contributed by atoms with E-state index in [1.54, 1.807) is 23.1 Å². The predicted molar refractivity (Wildman–Crippen MR) is 137 cm³/mol. The van der Waals surface area contributed by atoms with E-state index in [1.807, 2.05) is 58.0 Å². The lowest BCUT2D eigenvalue weighted by Crippen LogP contribution is -2.42. The molecule has 1 unspecified atom stereocenters. The molecule has 0 aliphatic carbocycles. The standard InChI is InChI=1S/C29H30ClNO3/c1-17-18(2)20(4)27(21(5)19(17)3)26(32)16-29(34)24-15-23(30)11-12-25(24)31(28(29)33)14-13-22-9-7-6-8-10-22/h6-12,15,34H,13-14,16H2,1-5H3. The maximum absolute atomic E-state index is 13.6. The van der Waals surface area contributed by atoms with Gasteiger partial charge >= 0.3 is 0 Å². The monoisotopic (exact) mass is 475 g/mol. The average Bonchev–Trinajstić information content (AvgIpc) is 3.01. The molecule has 1 atom stereocenters. The summed E-state index contributed by atoms with van der Waals surface area (Å²) < 4.78 is 0. The molecule has 176 valence electrons. The SMILES string of the molecule is Cc1c(C)c(C)c(C(=O)CC2(O)C(=O)N(CCc3ccccc3)c3ccc(Cl)cc32)c(C)c1C. The first kappa shape index (κ1) is 24.2. The Labute approximate surface area is 206 Å². The van der Waals surface area contributed by atoms with E-state index in [1.165, 1.54) is 0 Å². The van der Waals surface area contributed by atoms with Gasteiger partial charge in [0.2, 0.25) is 0 Å². The summed E-state index contributed by atoms with van der Waals surface area (Å²) in [6.45, 7) is 10.3. The number of hydrogen-bond acceptors (Lipinski definition) is 3. The number of carbonyl (C=O) groups is 2. The summed E-state index contributed by atoms with van der Waals surface area (Å²) in [7, 11) is 0. The topological polar surface area (TPSA) is 57.6 Å². The normalized spacial score (nSPS) is 17.3. The van der Waals surface area contributed by atoms with Crippen molar-refractivity contribution in [2.45, 2.75) is 53.1 Å². The molecular weight excluding hydrogens is 446 g/mol. The highest BCUT2D eigenvalue weighted by Gasteiger charge is 2.51. The van der Waals surface area contributed by atoms with Gasteiger partial charge in [0.15, 0.2) is 11.4 Å². The van der Waals surface area contributed by atoms with E-state index in [4.69, 9.17) is 11.6 Å². The molecule has 3 aromatic rings. The van der Waals surface area contributed by atoms with Crippen LogP contribution in [0.15, 0.2) is 48.5 Å². The van der Waals surface area contributed by atoms with Crippen LogP contribution in [0.3, 0.4) is 0 Å². The highest BCUT2D eigenvalue weighted by Crippen LogP contribution is 2.44. The van der Waals surface area contributed by atoms with Gasteiger partial charge in [-0.2, -0.15) is 0 Å². The number of rotatable bonds is 6. The molecule has 4 nitrogen and oxygen atoms in total. The second-order valence-electron chi connectivity index (χ2n) is 9.31. The van der Waals surface area contributed by atoms with Crippen LogP contribution in [0.5, 0.6) is 0 Å². The third kappa shape index (κ3) is 3.95. The Kier molecular flexibility index (Phi) is 6.41. The number of ketones is 1. The van der Waals surface area contributed by atoms with Crippen molar-refractivity contribution in [2.75, 3.05) is 11.4 Å². The zero-order valence-electron chi connectivity index (χ0n) is 20.3. The summed E-state index contributed by atoms with van der Waals surface area (Å²) >= 11 is 6.26. The first-order valence-corrected chi connectivity index (χ1v) is 11.9. The van der Waals surface area contributed by atoms with Gasteiger partial charge in [0, 0.05) is 22.7 Å². The number of benzene rings is 3. The van der Waals surface area contributed by atoms with E-state index in [2.05, 4.69) is 6.92 Å². The molecule has 1 N–H and O–H groups in total. The van der Waals surface area contributed by atoms with Crippen LogP contribution >= 0.6 is 11.6 Å². The van der Waals surface area contributed by atoms with Gasteiger partial charge < -0.3 is 10.0 Å². The van der Waals surface area contributed by atoms with Crippen molar-refractivity contribution in [1.82, 2.24) is 0 Å². The number of Topliss-reactive ketones (excluding diaryl/α,β-unsaturated/α-hetero) is 1. The van der Waals surface area contributed by atoms with Crippen molar-refractivity contribution in [3.05, 3.63) is 98.1 Å². The fourth-order valence-corrected chi connectivity index (χ4v) is 5.21. The summed E-state index contributed by atoms with van der Waals surface area (Å²) in [4.78, 5) is 28.8. The van der Waals surface area contributed by atoms with Gasteiger partial charge in [0.25, 0.3) is 5.91 Å².